The van der Waals surface area contributed by atoms with Crippen LogP contribution in [0.4, 0.5) is 5.69 Å². The summed E-state index contributed by atoms with van der Waals surface area (Å²) in [6.07, 6.45) is 0. The normalized spacial score (nSPS) is 17.5. The number of methoxy groups -OCH3 is 2. The average Bonchev–Trinajstić information content (AvgIpc) is 3.09. The Balaban J connectivity index is 1.93. The van der Waals surface area contributed by atoms with Crippen molar-refractivity contribution in [1.82, 2.24) is 0 Å². The number of aryl methyl sites for hydroxylation is 1. The van der Waals surface area contributed by atoms with Crippen LogP contribution in [0.15, 0.2) is 78.4 Å². The van der Waals surface area contributed by atoms with E-state index in [4.69, 9.17) is 9.47 Å². The molecule has 1 amide bonds. The summed E-state index contributed by atoms with van der Waals surface area (Å²) >= 11 is 0. The molecule has 0 bridgehead atoms. The van der Waals surface area contributed by atoms with Crippen LogP contribution < -0.4 is 14.4 Å². The molecule has 1 unspecified atom stereocenters. The lowest BCUT2D eigenvalue weighted by molar-refractivity contribution is -0.132. The van der Waals surface area contributed by atoms with Crippen LogP contribution in [-0.2, 0) is 9.59 Å². The average molecular weight is 429 g/mol. The first kappa shape index (κ1) is 21.2. The molecule has 6 nitrogen and oxygen atoms in total. The van der Waals surface area contributed by atoms with Crippen LogP contribution in [0.5, 0.6) is 11.5 Å². The summed E-state index contributed by atoms with van der Waals surface area (Å²) in [5.41, 5.74) is 2.49. The van der Waals surface area contributed by atoms with Gasteiger partial charge in [-0.15, -0.1) is 0 Å². The molecule has 3 aromatic rings. The number of carbonyl (C=O) groups is 2. The minimum absolute atomic E-state index is 0.0357. The van der Waals surface area contributed by atoms with E-state index >= 15 is 0 Å². The van der Waals surface area contributed by atoms with E-state index in [1.807, 2.05) is 37.3 Å². The quantitative estimate of drug-likeness (QED) is 0.363. The number of aliphatic hydroxyl groups excluding tert-OH is 1. The van der Waals surface area contributed by atoms with Crippen LogP contribution in [0.3, 0.4) is 0 Å². The molecule has 0 spiro atoms. The maximum Gasteiger partial charge on any atom is 0.300 e. The second-order valence-electron chi connectivity index (χ2n) is 7.47. The third-order valence-electron chi connectivity index (χ3n) is 5.56. The van der Waals surface area contributed by atoms with E-state index in [-0.39, 0.29) is 11.3 Å². The Morgan fingerprint density at radius 3 is 2.31 bits per heavy atom. The fourth-order valence-corrected chi connectivity index (χ4v) is 3.99. The van der Waals surface area contributed by atoms with Crippen LogP contribution in [-0.4, -0.2) is 31.0 Å². The zero-order chi connectivity index (χ0) is 22.8. The Hall–Kier alpha value is -4.06. The summed E-state index contributed by atoms with van der Waals surface area (Å²) in [6, 6.07) is 20.5. The molecule has 6 heteroatoms. The molecule has 0 aromatic heterocycles. The van der Waals surface area contributed by atoms with Crippen LogP contribution in [0.1, 0.15) is 22.7 Å². The molecule has 1 aliphatic rings. The van der Waals surface area contributed by atoms with E-state index in [2.05, 4.69) is 0 Å². The van der Waals surface area contributed by atoms with Crippen molar-refractivity contribution in [3.05, 3.63) is 95.1 Å². The van der Waals surface area contributed by atoms with E-state index in [1.54, 1.807) is 49.6 Å². The van der Waals surface area contributed by atoms with Crippen LogP contribution in [0.25, 0.3) is 5.76 Å². The third-order valence-corrected chi connectivity index (χ3v) is 5.56. The summed E-state index contributed by atoms with van der Waals surface area (Å²) < 4.78 is 10.6. The summed E-state index contributed by atoms with van der Waals surface area (Å²) in [4.78, 5) is 27.8. The summed E-state index contributed by atoms with van der Waals surface area (Å²) in [5, 5.41) is 11.2. The number of ketones is 1. The summed E-state index contributed by atoms with van der Waals surface area (Å²) in [5.74, 6) is -0.458. The molecule has 3 aromatic carbocycles. The van der Waals surface area contributed by atoms with Gasteiger partial charge in [0.15, 0.2) is 0 Å². The fraction of sp³-hybridized carbons (Fsp3) is 0.154. The lowest BCUT2D eigenvalue weighted by Gasteiger charge is -2.25. The van der Waals surface area contributed by atoms with Crippen molar-refractivity contribution in [2.45, 2.75) is 13.0 Å². The summed E-state index contributed by atoms with van der Waals surface area (Å²) in [7, 11) is 3.10. The lowest BCUT2D eigenvalue weighted by atomic mass is 9.94. The van der Waals surface area contributed by atoms with Gasteiger partial charge in [0, 0.05) is 17.3 Å². The second-order valence-corrected chi connectivity index (χ2v) is 7.47. The number of Topliss-reactive ketones (excluding diaryl/α,β-unsaturated/α-hetero) is 1. The highest BCUT2D eigenvalue weighted by Crippen LogP contribution is 2.43. The van der Waals surface area contributed by atoms with Gasteiger partial charge in [-0.05, 0) is 48.4 Å². The standard InChI is InChI=1S/C26H23NO5/c1-16-14-18(12-13-21(16)32-3)24(28)22-23(17-8-5-4-6-9-17)27(26(30)25(22)29)19-10-7-11-20(15-19)31-2/h4-15,23,28H,1-3H3/b24-22+. The topological polar surface area (TPSA) is 76.1 Å². The van der Waals surface area contributed by atoms with E-state index in [0.29, 0.717) is 28.3 Å². The molecule has 32 heavy (non-hydrogen) atoms. The Morgan fingerprint density at radius 2 is 1.66 bits per heavy atom. The molecule has 0 aliphatic carbocycles. The highest BCUT2D eigenvalue weighted by atomic mass is 16.5. The Morgan fingerprint density at radius 1 is 0.906 bits per heavy atom. The largest absolute Gasteiger partial charge is 0.507 e. The first-order chi connectivity index (χ1) is 15.5. The number of amides is 1. The van der Waals surface area contributed by atoms with E-state index < -0.39 is 17.7 Å². The number of aliphatic hydroxyl groups is 1. The zero-order valence-electron chi connectivity index (χ0n) is 18.0. The Labute approximate surface area is 186 Å². The SMILES string of the molecule is COc1cccc(N2C(=O)C(=O)/C(=C(/O)c3ccc(OC)c(C)c3)C2c2ccccc2)c1. The molecule has 1 atom stereocenters. The highest BCUT2D eigenvalue weighted by molar-refractivity contribution is 6.51. The molecule has 1 aliphatic heterocycles. The van der Waals surface area contributed by atoms with E-state index in [0.717, 1.165) is 5.56 Å². The predicted octanol–water partition coefficient (Wildman–Crippen LogP) is 4.64. The minimum atomic E-state index is -0.786. The summed E-state index contributed by atoms with van der Waals surface area (Å²) in [6.45, 7) is 1.85. The first-order valence-corrected chi connectivity index (χ1v) is 10.1. The smallest absolute Gasteiger partial charge is 0.300 e. The van der Waals surface area contributed by atoms with Gasteiger partial charge >= 0.3 is 0 Å². The Bertz CT molecular complexity index is 1220. The number of nitrogens with zero attached hydrogens (tertiary/aromatic N) is 1. The van der Waals surface area contributed by atoms with Gasteiger partial charge in [-0.25, -0.2) is 0 Å². The maximum absolute atomic E-state index is 13.2. The van der Waals surface area contributed by atoms with Gasteiger partial charge in [0.1, 0.15) is 17.3 Å². The number of hydrogen-bond donors (Lipinski definition) is 1. The minimum Gasteiger partial charge on any atom is -0.507 e. The molecule has 4 rings (SSSR count). The van der Waals surface area contributed by atoms with Crippen molar-refractivity contribution in [2.24, 2.45) is 0 Å². The van der Waals surface area contributed by atoms with Crippen molar-refractivity contribution >= 4 is 23.1 Å². The fourth-order valence-electron chi connectivity index (χ4n) is 3.99. The van der Waals surface area contributed by atoms with Crippen LogP contribution in [0.2, 0.25) is 0 Å². The lowest BCUT2D eigenvalue weighted by Crippen LogP contribution is -2.29. The number of benzene rings is 3. The molecule has 1 saturated heterocycles. The van der Waals surface area contributed by atoms with Gasteiger partial charge in [-0.2, -0.15) is 0 Å². The first-order valence-electron chi connectivity index (χ1n) is 10.1. The second kappa shape index (κ2) is 8.59. The number of carbonyl (C=O) groups excluding carboxylic acids is 2. The zero-order valence-corrected chi connectivity index (χ0v) is 18.0. The van der Waals surface area contributed by atoms with Crippen molar-refractivity contribution in [3.8, 4) is 11.5 Å². The third kappa shape index (κ3) is 3.60. The predicted molar refractivity (Wildman–Crippen MR) is 122 cm³/mol. The maximum atomic E-state index is 13.2. The Kier molecular flexibility index (Phi) is 5.69. The molecule has 0 saturated carbocycles. The van der Waals surface area contributed by atoms with Crippen molar-refractivity contribution in [2.75, 3.05) is 19.1 Å². The van der Waals surface area contributed by atoms with Gasteiger partial charge in [-0.3, -0.25) is 14.5 Å². The van der Waals surface area contributed by atoms with E-state index in [9.17, 15) is 14.7 Å². The van der Waals surface area contributed by atoms with Crippen LogP contribution in [0, 0.1) is 6.92 Å². The van der Waals surface area contributed by atoms with Gasteiger partial charge in [0.2, 0.25) is 0 Å². The molecule has 0 radical (unpaired) electrons. The number of rotatable bonds is 5. The molecular weight excluding hydrogens is 406 g/mol. The van der Waals surface area contributed by atoms with E-state index in [1.165, 1.54) is 12.0 Å². The molecule has 1 fully saturated rings. The monoisotopic (exact) mass is 429 g/mol. The van der Waals surface area contributed by atoms with Gasteiger partial charge in [0.25, 0.3) is 11.7 Å². The number of ether oxygens (including phenoxy) is 2. The van der Waals surface area contributed by atoms with Crippen molar-refractivity contribution in [1.29, 1.82) is 0 Å². The van der Waals surface area contributed by atoms with Gasteiger partial charge in [-0.1, -0.05) is 36.4 Å². The number of hydrogen-bond acceptors (Lipinski definition) is 5. The van der Waals surface area contributed by atoms with Crippen LogP contribution >= 0.6 is 0 Å². The number of anilines is 1. The molecule has 1 N–H and O–H groups in total. The highest BCUT2D eigenvalue weighted by Gasteiger charge is 2.47. The van der Waals surface area contributed by atoms with Gasteiger partial charge < -0.3 is 14.6 Å². The van der Waals surface area contributed by atoms with Crippen molar-refractivity contribution < 1.29 is 24.2 Å². The molecular formula is C26H23NO5. The molecule has 162 valence electrons. The molecule has 1 heterocycles. The van der Waals surface area contributed by atoms with Gasteiger partial charge in [0.05, 0.1) is 25.8 Å². The van der Waals surface area contributed by atoms with Crippen molar-refractivity contribution in [3.63, 3.8) is 0 Å².